The van der Waals surface area contributed by atoms with Gasteiger partial charge < -0.3 is 9.90 Å². The molecule has 1 aromatic carbocycles. The number of Topliss-reactive ketones (excluding diaryl/α,β-unsaturated/α-hetero) is 1. The fourth-order valence-electron chi connectivity index (χ4n) is 0.707. The second kappa shape index (κ2) is 5.09. The van der Waals surface area contributed by atoms with Gasteiger partial charge in [-0.15, -0.1) is 0 Å². The number of hydrogen-bond donors (Lipinski definition) is 0. The van der Waals surface area contributed by atoms with E-state index in [9.17, 15) is 14.7 Å². The van der Waals surface area contributed by atoms with Crippen LogP contribution in [-0.2, 0) is 4.79 Å². The molecule has 56 valence electrons. The zero-order valence-corrected chi connectivity index (χ0v) is 8.61. The summed E-state index contributed by atoms with van der Waals surface area (Å²) in [5.74, 6) is -2.65. The van der Waals surface area contributed by atoms with Gasteiger partial charge in [0.25, 0.3) is 0 Å². The van der Waals surface area contributed by atoms with Gasteiger partial charge in [-0.3, -0.25) is 4.79 Å². The summed E-state index contributed by atoms with van der Waals surface area (Å²) in [6.45, 7) is 0. The molecule has 0 atom stereocenters. The molecule has 1 rings (SSSR count). The maximum atomic E-state index is 10.7. The van der Waals surface area contributed by atoms with Crippen molar-refractivity contribution in [3.63, 3.8) is 0 Å². The summed E-state index contributed by atoms with van der Waals surface area (Å²) < 4.78 is 0. The van der Waals surface area contributed by atoms with Gasteiger partial charge in [-0.05, 0) is 0 Å². The van der Waals surface area contributed by atoms with E-state index in [1.54, 1.807) is 18.2 Å². The molecule has 0 fully saturated rings. The summed E-state index contributed by atoms with van der Waals surface area (Å²) in [7, 11) is 0. The van der Waals surface area contributed by atoms with E-state index in [1.165, 1.54) is 12.1 Å². The Hall–Kier alpha value is -0.640. The Bertz CT molecular complexity index is 282. The van der Waals surface area contributed by atoms with Gasteiger partial charge in [0.15, 0.2) is 0 Å². The van der Waals surface area contributed by atoms with Crippen molar-refractivity contribution in [2.24, 2.45) is 0 Å². The van der Waals surface area contributed by atoms with E-state index < -0.39 is 11.8 Å². The van der Waals surface area contributed by atoms with Crippen LogP contribution in [0.5, 0.6) is 0 Å². The number of carbonyl (C=O) groups is 2. The van der Waals surface area contributed by atoms with Crippen LogP contribution < -0.4 is 34.7 Å². The van der Waals surface area contributed by atoms with Gasteiger partial charge >= 0.3 is 29.6 Å². The largest absolute Gasteiger partial charge is 1.00 e. The van der Waals surface area contributed by atoms with E-state index in [2.05, 4.69) is 0 Å². The van der Waals surface area contributed by atoms with E-state index in [0.717, 1.165) is 0 Å². The van der Waals surface area contributed by atoms with Crippen molar-refractivity contribution in [1.82, 2.24) is 0 Å². The minimum Gasteiger partial charge on any atom is -0.541 e. The van der Waals surface area contributed by atoms with E-state index in [0.29, 0.717) is 0 Å². The number of hydrogen-bond acceptors (Lipinski definition) is 3. The monoisotopic (exact) mass is 172 g/mol. The first kappa shape index (κ1) is 11.4. The predicted molar refractivity (Wildman–Crippen MR) is 35.8 cm³/mol. The number of carboxylic acids is 1. The first-order chi connectivity index (χ1) is 5.22. The molecule has 0 saturated heterocycles. The van der Waals surface area contributed by atoms with Gasteiger partial charge in [0.05, 0.1) is 0 Å². The fraction of sp³-hybridized carbons (Fsp3) is 0. The van der Waals surface area contributed by atoms with Crippen molar-refractivity contribution in [3.8, 4) is 0 Å². The molecule has 0 heterocycles. The zero-order valence-electron chi connectivity index (χ0n) is 6.61. The van der Waals surface area contributed by atoms with Crippen LogP contribution in [0.2, 0.25) is 0 Å². The topological polar surface area (TPSA) is 57.2 Å². The Labute approximate surface area is 91.7 Å². The molecule has 1 aromatic rings. The summed E-state index contributed by atoms with van der Waals surface area (Å²) in [4.78, 5) is 20.7. The number of rotatable bonds is 2. The maximum absolute atomic E-state index is 10.7. The van der Waals surface area contributed by atoms with Gasteiger partial charge in [-0.2, -0.15) is 0 Å². The first-order valence-corrected chi connectivity index (χ1v) is 3.02. The Kier molecular flexibility index (Phi) is 4.81. The molecule has 4 heteroatoms. The molecule has 0 N–H and O–H groups in total. The molecule has 0 radical (unpaired) electrons. The summed E-state index contributed by atoms with van der Waals surface area (Å²) in [5.41, 5.74) is 0.146. The van der Waals surface area contributed by atoms with Crippen molar-refractivity contribution >= 4 is 11.8 Å². The van der Waals surface area contributed by atoms with E-state index >= 15 is 0 Å². The Balaban J connectivity index is 0.00000121. The minimum atomic E-state index is -1.67. The second-order valence-electron chi connectivity index (χ2n) is 1.98. The standard InChI is InChI=1S/C8H6O3.Na/c9-7(8(10)11)6-4-2-1-3-5-6;/h1-5H,(H,10,11);/q;+1/p-1. The molecular formula is C8H5NaO3. The minimum absolute atomic E-state index is 0. The summed E-state index contributed by atoms with van der Waals surface area (Å²) in [5, 5.41) is 10.0. The summed E-state index contributed by atoms with van der Waals surface area (Å²) in [6, 6.07) is 7.74. The third-order valence-electron chi connectivity index (χ3n) is 1.22. The van der Waals surface area contributed by atoms with Crippen molar-refractivity contribution < 1.29 is 44.3 Å². The molecule has 0 amide bonds. The average Bonchev–Trinajstić information content (AvgIpc) is 2.05. The van der Waals surface area contributed by atoms with Gasteiger partial charge in [0.1, 0.15) is 5.97 Å². The van der Waals surface area contributed by atoms with Gasteiger partial charge in [0.2, 0.25) is 5.78 Å². The van der Waals surface area contributed by atoms with E-state index in [-0.39, 0.29) is 35.1 Å². The van der Waals surface area contributed by atoms with Gasteiger partial charge in [-0.1, -0.05) is 30.3 Å². The van der Waals surface area contributed by atoms with Crippen LogP contribution >= 0.6 is 0 Å². The molecule has 0 saturated carbocycles. The van der Waals surface area contributed by atoms with E-state index in [4.69, 9.17) is 0 Å². The van der Waals surface area contributed by atoms with Crippen LogP contribution in [0.4, 0.5) is 0 Å². The number of carboxylic acid groups (broad SMARTS) is 1. The first-order valence-electron chi connectivity index (χ1n) is 3.02. The molecule has 12 heavy (non-hydrogen) atoms. The molecule has 0 aliphatic rings. The predicted octanol–water partition coefficient (Wildman–Crippen LogP) is -3.38. The average molecular weight is 172 g/mol. The third kappa shape index (κ3) is 2.77. The molecule has 0 aromatic heterocycles. The molecule has 0 unspecified atom stereocenters. The Morgan fingerprint density at radius 3 is 2.00 bits per heavy atom. The number of ketones is 1. The zero-order chi connectivity index (χ0) is 8.27. The number of benzene rings is 1. The van der Waals surface area contributed by atoms with Crippen LogP contribution in [0.3, 0.4) is 0 Å². The molecule has 0 aliphatic heterocycles. The quantitative estimate of drug-likeness (QED) is 0.266. The van der Waals surface area contributed by atoms with Crippen molar-refractivity contribution in [2.75, 3.05) is 0 Å². The second-order valence-corrected chi connectivity index (χ2v) is 1.98. The van der Waals surface area contributed by atoms with Crippen LogP contribution in [0, 0.1) is 0 Å². The van der Waals surface area contributed by atoms with Crippen LogP contribution in [0.1, 0.15) is 10.4 Å². The van der Waals surface area contributed by atoms with E-state index in [1.807, 2.05) is 0 Å². The van der Waals surface area contributed by atoms with Crippen molar-refractivity contribution in [1.29, 1.82) is 0 Å². The SMILES string of the molecule is O=C([O-])C(=O)c1ccccc1.[Na+]. The van der Waals surface area contributed by atoms with Crippen LogP contribution in [0.25, 0.3) is 0 Å². The van der Waals surface area contributed by atoms with Crippen molar-refractivity contribution in [3.05, 3.63) is 35.9 Å². The van der Waals surface area contributed by atoms with Gasteiger partial charge in [0, 0.05) is 5.56 Å². The maximum Gasteiger partial charge on any atom is 1.00 e. The normalized spacial score (nSPS) is 8.33. The molecular weight excluding hydrogens is 167 g/mol. The third-order valence-corrected chi connectivity index (χ3v) is 1.22. The summed E-state index contributed by atoms with van der Waals surface area (Å²) >= 11 is 0. The Morgan fingerprint density at radius 1 is 1.08 bits per heavy atom. The smallest absolute Gasteiger partial charge is 0.541 e. The number of aliphatic carboxylic acids is 1. The fourth-order valence-corrected chi connectivity index (χ4v) is 0.707. The Morgan fingerprint density at radius 2 is 1.58 bits per heavy atom. The molecule has 0 bridgehead atoms. The van der Waals surface area contributed by atoms with Crippen molar-refractivity contribution in [2.45, 2.75) is 0 Å². The van der Waals surface area contributed by atoms with Gasteiger partial charge in [-0.25, -0.2) is 0 Å². The van der Waals surface area contributed by atoms with Crippen LogP contribution in [0.15, 0.2) is 30.3 Å². The summed E-state index contributed by atoms with van der Waals surface area (Å²) in [6.07, 6.45) is 0. The molecule has 0 spiro atoms. The van der Waals surface area contributed by atoms with Crippen LogP contribution in [-0.4, -0.2) is 11.8 Å². The number of carbonyl (C=O) groups excluding carboxylic acids is 2. The molecule has 0 aliphatic carbocycles. The molecule has 3 nitrogen and oxygen atoms in total.